The molecule has 0 unspecified atom stereocenters. The Bertz CT molecular complexity index is 639. The van der Waals surface area contributed by atoms with Gasteiger partial charge in [0.25, 0.3) is 0 Å². The van der Waals surface area contributed by atoms with Crippen molar-refractivity contribution in [3.05, 3.63) is 16.8 Å². The number of hydrogen-bond acceptors (Lipinski definition) is 5. The Hall–Kier alpha value is -1.14. The van der Waals surface area contributed by atoms with Crippen molar-refractivity contribution < 1.29 is 9.90 Å². The van der Waals surface area contributed by atoms with Crippen LogP contribution in [0.25, 0.3) is 10.2 Å². The molecule has 0 amide bonds. The number of carboxylic acid groups (broad SMARTS) is 1. The lowest BCUT2D eigenvalue weighted by molar-refractivity contribution is -0.133. The number of nitrogens with zero attached hydrogens (tertiary/aromatic N) is 2. The number of aryl methyl sites for hydroxylation is 1. The summed E-state index contributed by atoms with van der Waals surface area (Å²) in [4.78, 5) is 21.7. The monoisotopic (exact) mass is 294 g/mol. The standard InChI is InChI=1S/C13H14N2O2S2/c1-7-2-3-8-9(4-7)19-13-11(8)12(14-6-15-13)18-5-10(16)17/h6-7H,2-5H2,1H3,(H,16,17)/t7-/m0/s1. The first-order valence-electron chi connectivity index (χ1n) is 6.25. The summed E-state index contributed by atoms with van der Waals surface area (Å²) in [6.45, 7) is 2.28. The van der Waals surface area contributed by atoms with Gasteiger partial charge in [-0.1, -0.05) is 18.7 Å². The van der Waals surface area contributed by atoms with E-state index < -0.39 is 5.97 Å². The van der Waals surface area contributed by atoms with Gasteiger partial charge in [-0.05, 0) is 30.7 Å². The zero-order valence-electron chi connectivity index (χ0n) is 10.5. The molecular formula is C13H14N2O2S2. The topological polar surface area (TPSA) is 63.1 Å². The molecule has 3 rings (SSSR count). The minimum atomic E-state index is -0.811. The molecule has 4 nitrogen and oxygen atoms in total. The Morgan fingerprint density at radius 2 is 2.42 bits per heavy atom. The third kappa shape index (κ3) is 2.47. The molecule has 0 bridgehead atoms. The highest BCUT2D eigenvalue weighted by molar-refractivity contribution is 8.00. The van der Waals surface area contributed by atoms with Gasteiger partial charge in [-0.25, -0.2) is 9.97 Å². The van der Waals surface area contributed by atoms with E-state index in [-0.39, 0.29) is 5.75 Å². The summed E-state index contributed by atoms with van der Waals surface area (Å²) in [5.74, 6) is -0.0363. The van der Waals surface area contributed by atoms with E-state index in [0.29, 0.717) is 0 Å². The number of carbonyl (C=O) groups is 1. The van der Waals surface area contributed by atoms with Gasteiger partial charge in [0.2, 0.25) is 0 Å². The molecule has 1 N–H and O–H groups in total. The van der Waals surface area contributed by atoms with Gasteiger partial charge < -0.3 is 5.11 Å². The molecular weight excluding hydrogens is 280 g/mol. The van der Waals surface area contributed by atoms with Gasteiger partial charge in [0.1, 0.15) is 16.2 Å². The highest BCUT2D eigenvalue weighted by atomic mass is 32.2. The van der Waals surface area contributed by atoms with Crippen molar-refractivity contribution >= 4 is 39.3 Å². The summed E-state index contributed by atoms with van der Waals surface area (Å²) < 4.78 is 0. The molecule has 2 aromatic heterocycles. The number of rotatable bonds is 3. The van der Waals surface area contributed by atoms with Crippen LogP contribution in [0.1, 0.15) is 23.8 Å². The fourth-order valence-corrected chi connectivity index (χ4v) is 4.65. The Labute approximate surface area is 119 Å². The molecule has 2 aromatic rings. The van der Waals surface area contributed by atoms with Gasteiger partial charge in [0, 0.05) is 10.3 Å². The quantitative estimate of drug-likeness (QED) is 0.696. The fourth-order valence-electron chi connectivity index (χ4n) is 2.49. The number of thioether (sulfide) groups is 1. The summed E-state index contributed by atoms with van der Waals surface area (Å²) in [5, 5.41) is 10.7. The van der Waals surface area contributed by atoms with Crippen molar-refractivity contribution in [1.82, 2.24) is 9.97 Å². The zero-order chi connectivity index (χ0) is 13.4. The first-order chi connectivity index (χ1) is 9.15. The lowest BCUT2D eigenvalue weighted by Gasteiger charge is -2.18. The molecule has 2 heterocycles. The Morgan fingerprint density at radius 3 is 3.21 bits per heavy atom. The van der Waals surface area contributed by atoms with Gasteiger partial charge in [-0.15, -0.1) is 11.3 Å². The highest BCUT2D eigenvalue weighted by Crippen LogP contribution is 2.40. The molecule has 0 aromatic carbocycles. The summed E-state index contributed by atoms with van der Waals surface area (Å²) in [6, 6.07) is 0. The largest absolute Gasteiger partial charge is 0.481 e. The minimum absolute atomic E-state index is 0.0487. The van der Waals surface area contributed by atoms with E-state index in [9.17, 15) is 4.79 Å². The number of fused-ring (bicyclic) bond motifs is 3. The molecule has 0 radical (unpaired) electrons. The summed E-state index contributed by atoms with van der Waals surface area (Å²) in [7, 11) is 0. The Morgan fingerprint density at radius 1 is 1.58 bits per heavy atom. The van der Waals surface area contributed by atoms with Crippen LogP contribution >= 0.6 is 23.1 Å². The molecule has 19 heavy (non-hydrogen) atoms. The molecule has 1 atom stereocenters. The fraction of sp³-hybridized carbons (Fsp3) is 0.462. The van der Waals surface area contributed by atoms with Gasteiger partial charge in [-0.2, -0.15) is 0 Å². The van der Waals surface area contributed by atoms with E-state index in [4.69, 9.17) is 5.11 Å². The summed E-state index contributed by atoms with van der Waals surface area (Å²) >= 11 is 3.03. The third-order valence-electron chi connectivity index (χ3n) is 3.39. The SMILES string of the molecule is C[C@H]1CCc2c(sc3ncnc(SCC(=O)O)c23)C1. The predicted octanol–water partition coefficient (Wildman–Crippen LogP) is 2.99. The average molecular weight is 294 g/mol. The maximum atomic E-state index is 10.7. The molecule has 100 valence electrons. The third-order valence-corrected chi connectivity index (χ3v) is 5.53. The molecule has 6 heteroatoms. The van der Waals surface area contributed by atoms with Crippen molar-refractivity contribution in [2.24, 2.45) is 5.92 Å². The van der Waals surface area contributed by atoms with Crippen molar-refractivity contribution in [3.63, 3.8) is 0 Å². The number of aliphatic carboxylic acids is 1. The Balaban J connectivity index is 2.06. The van der Waals surface area contributed by atoms with E-state index in [1.165, 1.54) is 35.0 Å². The van der Waals surface area contributed by atoms with Crippen molar-refractivity contribution in [2.75, 3.05) is 5.75 Å². The van der Waals surface area contributed by atoms with Crippen LogP contribution in [0.4, 0.5) is 0 Å². The molecule has 0 saturated carbocycles. The number of hydrogen-bond donors (Lipinski definition) is 1. The molecule has 0 fully saturated rings. The van der Waals surface area contributed by atoms with Crippen LogP contribution in [0, 0.1) is 5.92 Å². The van der Waals surface area contributed by atoms with Crippen molar-refractivity contribution in [3.8, 4) is 0 Å². The zero-order valence-corrected chi connectivity index (χ0v) is 12.2. The van der Waals surface area contributed by atoms with E-state index in [0.717, 1.165) is 34.0 Å². The first-order valence-corrected chi connectivity index (χ1v) is 8.05. The summed E-state index contributed by atoms with van der Waals surface area (Å²) in [5.41, 5.74) is 1.35. The number of carboxylic acids is 1. The van der Waals surface area contributed by atoms with E-state index in [1.807, 2.05) is 0 Å². The number of thiophene rings is 1. The van der Waals surface area contributed by atoms with Gasteiger partial charge >= 0.3 is 5.97 Å². The molecule has 0 spiro atoms. The summed E-state index contributed by atoms with van der Waals surface area (Å²) in [6.07, 6.45) is 4.90. The van der Waals surface area contributed by atoms with Crippen LogP contribution in [0.15, 0.2) is 11.4 Å². The maximum absolute atomic E-state index is 10.7. The molecule has 0 aliphatic heterocycles. The lowest BCUT2D eigenvalue weighted by Crippen LogP contribution is -2.08. The van der Waals surface area contributed by atoms with Crippen LogP contribution in [-0.4, -0.2) is 26.8 Å². The van der Waals surface area contributed by atoms with Crippen molar-refractivity contribution in [2.45, 2.75) is 31.2 Å². The van der Waals surface area contributed by atoms with Crippen LogP contribution in [0.5, 0.6) is 0 Å². The van der Waals surface area contributed by atoms with Gasteiger partial charge in [0.05, 0.1) is 5.75 Å². The van der Waals surface area contributed by atoms with Crippen LogP contribution in [0.2, 0.25) is 0 Å². The number of aromatic nitrogens is 2. The first kappa shape index (κ1) is 12.9. The smallest absolute Gasteiger partial charge is 0.313 e. The van der Waals surface area contributed by atoms with Crippen molar-refractivity contribution in [1.29, 1.82) is 0 Å². The van der Waals surface area contributed by atoms with Crippen LogP contribution in [-0.2, 0) is 17.6 Å². The normalized spacial score (nSPS) is 18.5. The molecule has 0 saturated heterocycles. The van der Waals surface area contributed by atoms with Gasteiger partial charge in [0.15, 0.2) is 0 Å². The lowest BCUT2D eigenvalue weighted by atomic mass is 9.89. The van der Waals surface area contributed by atoms with E-state index in [1.54, 1.807) is 11.3 Å². The van der Waals surface area contributed by atoms with E-state index in [2.05, 4.69) is 16.9 Å². The van der Waals surface area contributed by atoms with Crippen LogP contribution in [0.3, 0.4) is 0 Å². The highest BCUT2D eigenvalue weighted by Gasteiger charge is 2.23. The molecule has 1 aliphatic rings. The second-order valence-corrected chi connectivity index (χ2v) is 6.94. The minimum Gasteiger partial charge on any atom is -0.481 e. The average Bonchev–Trinajstić information content (AvgIpc) is 2.73. The van der Waals surface area contributed by atoms with E-state index >= 15 is 0 Å². The molecule has 1 aliphatic carbocycles. The van der Waals surface area contributed by atoms with Crippen LogP contribution < -0.4 is 0 Å². The second kappa shape index (κ2) is 5.09. The van der Waals surface area contributed by atoms with Gasteiger partial charge in [-0.3, -0.25) is 4.79 Å². The predicted molar refractivity (Wildman–Crippen MR) is 77.0 cm³/mol. The Kier molecular flexibility index (Phi) is 3.45. The maximum Gasteiger partial charge on any atom is 0.313 e. The second-order valence-electron chi connectivity index (χ2n) is 4.89.